The minimum Gasteiger partial charge on any atom is -0.466 e. The summed E-state index contributed by atoms with van der Waals surface area (Å²) in [5, 5.41) is 9.87. The highest BCUT2D eigenvalue weighted by Crippen LogP contribution is 2.30. The van der Waals surface area contributed by atoms with Crippen molar-refractivity contribution in [2.24, 2.45) is 5.92 Å². The van der Waals surface area contributed by atoms with E-state index < -0.39 is 0 Å². The molecule has 0 aromatic heterocycles. The summed E-state index contributed by atoms with van der Waals surface area (Å²) in [5.74, 6) is 0.0198. The number of esters is 1. The maximum Gasteiger partial charge on any atom is 0.310 e. The highest BCUT2D eigenvalue weighted by Gasteiger charge is 2.24. The van der Waals surface area contributed by atoms with E-state index in [2.05, 4.69) is 12.3 Å². The zero-order valence-electron chi connectivity index (χ0n) is 10.6. The van der Waals surface area contributed by atoms with Crippen LogP contribution in [0.1, 0.15) is 45.4 Å². The second-order valence-corrected chi connectivity index (χ2v) is 4.58. The first-order chi connectivity index (χ1) is 8.17. The van der Waals surface area contributed by atoms with Gasteiger partial charge in [-0.05, 0) is 37.7 Å². The molecule has 0 aliphatic heterocycles. The van der Waals surface area contributed by atoms with Gasteiger partial charge >= 0.3 is 5.97 Å². The van der Waals surface area contributed by atoms with E-state index in [1.54, 1.807) is 6.92 Å². The molecule has 0 saturated heterocycles. The van der Waals surface area contributed by atoms with Crippen molar-refractivity contribution in [3.63, 3.8) is 0 Å². The molecule has 0 heterocycles. The van der Waals surface area contributed by atoms with Crippen molar-refractivity contribution >= 4 is 5.97 Å². The molecule has 1 saturated carbocycles. The maximum absolute atomic E-state index is 11.4. The van der Waals surface area contributed by atoms with Crippen LogP contribution in [-0.2, 0) is 9.53 Å². The predicted octanol–water partition coefficient (Wildman–Crippen LogP) is 2.59. The largest absolute Gasteiger partial charge is 0.466 e. The van der Waals surface area contributed by atoms with Gasteiger partial charge < -0.3 is 9.84 Å². The van der Waals surface area contributed by atoms with Crippen LogP contribution in [0.3, 0.4) is 0 Å². The lowest BCUT2D eigenvalue weighted by Crippen LogP contribution is -2.25. The summed E-state index contributed by atoms with van der Waals surface area (Å²) in [6.07, 6.45) is 4.87. The highest BCUT2D eigenvalue weighted by molar-refractivity contribution is 5.72. The molecule has 0 amide bonds. The van der Waals surface area contributed by atoms with E-state index in [4.69, 9.17) is 4.74 Å². The monoisotopic (exact) mass is 238 g/mol. The Hall–Kier alpha value is -1.05. The Morgan fingerprint density at radius 1 is 1.47 bits per heavy atom. The van der Waals surface area contributed by atoms with Crippen molar-refractivity contribution in [2.75, 3.05) is 6.61 Å². The van der Waals surface area contributed by atoms with Crippen LogP contribution in [0, 0.1) is 5.92 Å². The quantitative estimate of drug-likeness (QED) is 0.591. The van der Waals surface area contributed by atoms with Gasteiger partial charge in [-0.3, -0.25) is 4.79 Å². The number of carbonyl (C=O) groups excluding carboxylic acids is 1. The first-order valence-electron chi connectivity index (χ1n) is 6.38. The molecule has 1 aliphatic carbocycles. The van der Waals surface area contributed by atoms with Crippen LogP contribution >= 0.6 is 0 Å². The SMILES string of the molecule is C=C=C(CC(=O)OCC)C[C@@H]1CCCC[C@@H]1O. The first kappa shape index (κ1) is 14.0. The Morgan fingerprint density at radius 3 is 2.76 bits per heavy atom. The molecular weight excluding hydrogens is 216 g/mol. The molecule has 3 heteroatoms. The summed E-state index contributed by atoms with van der Waals surface area (Å²) in [6, 6.07) is 0. The summed E-state index contributed by atoms with van der Waals surface area (Å²) < 4.78 is 4.90. The summed E-state index contributed by atoms with van der Waals surface area (Å²) in [4.78, 5) is 11.4. The molecule has 3 nitrogen and oxygen atoms in total. The van der Waals surface area contributed by atoms with Gasteiger partial charge in [0.2, 0.25) is 0 Å². The number of aliphatic hydroxyl groups is 1. The molecule has 2 atom stereocenters. The Kier molecular flexibility index (Phi) is 6.03. The van der Waals surface area contributed by atoms with Gasteiger partial charge in [-0.15, -0.1) is 5.73 Å². The fourth-order valence-electron chi connectivity index (χ4n) is 2.34. The van der Waals surface area contributed by atoms with Crippen molar-refractivity contribution in [2.45, 2.75) is 51.6 Å². The van der Waals surface area contributed by atoms with Crippen molar-refractivity contribution in [3.8, 4) is 0 Å². The Balaban J connectivity index is 2.46. The minimum absolute atomic E-state index is 0.232. The smallest absolute Gasteiger partial charge is 0.310 e. The van der Waals surface area contributed by atoms with Crippen LogP contribution in [-0.4, -0.2) is 23.8 Å². The van der Waals surface area contributed by atoms with E-state index in [9.17, 15) is 9.90 Å². The maximum atomic E-state index is 11.4. The number of aliphatic hydroxyl groups excluding tert-OH is 1. The van der Waals surface area contributed by atoms with Crippen LogP contribution < -0.4 is 0 Å². The van der Waals surface area contributed by atoms with Crippen LogP contribution in [0.2, 0.25) is 0 Å². The third kappa shape index (κ3) is 4.76. The lowest BCUT2D eigenvalue weighted by Gasteiger charge is -2.27. The fraction of sp³-hybridized carbons (Fsp3) is 0.714. The lowest BCUT2D eigenvalue weighted by molar-refractivity contribution is -0.142. The number of hydrogen-bond donors (Lipinski definition) is 1. The van der Waals surface area contributed by atoms with Gasteiger partial charge in [0.05, 0.1) is 19.1 Å². The fourth-order valence-corrected chi connectivity index (χ4v) is 2.34. The molecule has 1 rings (SSSR count). The van der Waals surface area contributed by atoms with Gasteiger partial charge in [0.1, 0.15) is 0 Å². The normalized spacial score (nSPS) is 23.9. The van der Waals surface area contributed by atoms with Gasteiger partial charge in [0, 0.05) is 0 Å². The summed E-state index contributed by atoms with van der Waals surface area (Å²) >= 11 is 0. The summed E-state index contributed by atoms with van der Waals surface area (Å²) in [7, 11) is 0. The van der Waals surface area contributed by atoms with E-state index in [1.807, 2.05) is 0 Å². The molecule has 1 N–H and O–H groups in total. The van der Waals surface area contributed by atoms with E-state index in [0.717, 1.165) is 31.3 Å². The molecular formula is C14H22O3. The standard InChI is InChI=1S/C14H22O3/c1-3-11(10-14(16)17-4-2)9-12-7-5-6-8-13(12)15/h12-13,15H,1,4-10H2,2H3/t12-,13-/m0/s1. The molecule has 96 valence electrons. The minimum atomic E-state index is -0.241. The number of rotatable bonds is 5. The highest BCUT2D eigenvalue weighted by atomic mass is 16.5. The molecule has 0 bridgehead atoms. The van der Waals surface area contributed by atoms with E-state index in [0.29, 0.717) is 13.0 Å². The number of carbonyl (C=O) groups is 1. The molecule has 0 spiro atoms. The summed E-state index contributed by atoms with van der Waals surface area (Å²) in [5.41, 5.74) is 3.67. The molecule has 17 heavy (non-hydrogen) atoms. The van der Waals surface area contributed by atoms with Crippen molar-refractivity contribution in [1.29, 1.82) is 0 Å². The second-order valence-electron chi connectivity index (χ2n) is 4.58. The van der Waals surface area contributed by atoms with Gasteiger partial charge in [0.15, 0.2) is 0 Å². The number of hydrogen-bond acceptors (Lipinski definition) is 3. The Labute approximate surface area is 103 Å². The van der Waals surface area contributed by atoms with Crippen LogP contribution in [0.25, 0.3) is 0 Å². The van der Waals surface area contributed by atoms with Gasteiger partial charge in [0.25, 0.3) is 0 Å². The van der Waals surface area contributed by atoms with Gasteiger partial charge in [-0.1, -0.05) is 19.4 Å². The molecule has 0 aromatic rings. The average molecular weight is 238 g/mol. The van der Waals surface area contributed by atoms with Crippen molar-refractivity contribution in [3.05, 3.63) is 17.9 Å². The third-order valence-corrected chi connectivity index (χ3v) is 3.29. The van der Waals surface area contributed by atoms with Crippen molar-refractivity contribution < 1.29 is 14.6 Å². The molecule has 1 aliphatic rings. The van der Waals surface area contributed by atoms with Gasteiger partial charge in [-0.2, -0.15) is 0 Å². The molecule has 1 fully saturated rings. The van der Waals surface area contributed by atoms with Crippen LogP contribution in [0.15, 0.2) is 17.9 Å². The van der Waals surface area contributed by atoms with Crippen LogP contribution in [0.4, 0.5) is 0 Å². The zero-order valence-corrected chi connectivity index (χ0v) is 10.6. The Bertz CT molecular complexity index is 303. The first-order valence-corrected chi connectivity index (χ1v) is 6.38. The summed E-state index contributed by atoms with van der Waals surface area (Å²) in [6.45, 7) is 5.80. The van der Waals surface area contributed by atoms with Crippen molar-refractivity contribution in [1.82, 2.24) is 0 Å². The number of ether oxygens (including phenoxy) is 1. The third-order valence-electron chi connectivity index (χ3n) is 3.29. The second kappa shape index (κ2) is 7.31. The van der Waals surface area contributed by atoms with Gasteiger partial charge in [-0.25, -0.2) is 0 Å². The topological polar surface area (TPSA) is 46.5 Å². The average Bonchev–Trinajstić information content (AvgIpc) is 2.31. The molecule has 0 unspecified atom stereocenters. The van der Waals surface area contributed by atoms with E-state index >= 15 is 0 Å². The molecule has 0 aromatic carbocycles. The Morgan fingerprint density at radius 2 is 2.18 bits per heavy atom. The lowest BCUT2D eigenvalue weighted by atomic mass is 9.82. The predicted molar refractivity (Wildman–Crippen MR) is 66.5 cm³/mol. The van der Waals surface area contributed by atoms with E-state index in [1.165, 1.54) is 0 Å². The van der Waals surface area contributed by atoms with E-state index in [-0.39, 0.29) is 24.4 Å². The van der Waals surface area contributed by atoms with Crippen LogP contribution in [0.5, 0.6) is 0 Å². The zero-order chi connectivity index (χ0) is 12.7. The molecule has 0 radical (unpaired) electrons.